The summed E-state index contributed by atoms with van der Waals surface area (Å²) in [7, 11) is 2.27. The molecule has 3 aromatic heterocycles. The van der Waals surface area contributed by atoms with E-state index in [9.17, 15) is 0 Å². The highest BCUT2D eigenvalue weighted by molar-refractivity contribution is 6.35. The van der Waals surface area contributed by atoms with Gasteiger partial charge in [-0.1, -0.05) is 23.2 Å². The Hall–Kier alpha value is -2.94. The maximum atomic E-state index is 6.32. The summed E-state index contributed by atoms with van der Waals surface area (Å²) in [4.78, 5) is 18.3. The highest BCUT2D eigenvalue weighted by Gasteiger charge is 2.41. The van der Waals surface area contributed by atoms with Gasteiger partial charge in [0.2, 0.25) is 5.95 Å². The molecule has 4 aromatic rings. The Bertz CT molecular complexity index is 1400. The van der Waals surface area contributed by atoms with Crippen molar-refractivity contribution in [1.29, 1.82) is 0 Å². The first-order valence-electron chi connectivity index (χ1n) is 12.7. The molecule has 5 heterocycles. The molecule has 1 unspecified atom stereocenters. The van der Waals surface area contributed by atoms with E-state index >= 15 is 0 Å². The molecule has 192 valence electrons. The van der Waals surface area contributed by atoms with Gasteiger partial charge in [-0.3, -0.25) is 10.1 Å². The number of ether oxygens (including phenoxy) is 1. The first-order valence-corrected chi connectivity index (χ1v) is 13.4. The van der Waals surface area contributed by atoms with Crippen molar-refractivity contribution in [3.05, 3.63) is 58.6 Å². The molecule has 2 fully saturated rings. The molecule has 1 N–H and O–H groups in total. The van der Waals surface area contributed by atoms with Gasteiger partial charge in [0.05, 0.1) is 15.6 Å². The van der Waals surface area contributed by atoms with Crippen LogP contribution < -0.4 is 9.64 Å². The second-order valence-corrected chi connectivity index (χ2v) is 10.9. The third kappa shape index (κ3) is 4.51. The maximum absolute atomic E-state index is 6.32. The summed E-state index contributed by atoms with van der Waals surface area (Å²) in [5, 5.41) is 9.52. The van der Waals surface area contributed by atoms with Crippen LogP contribution in [0.5, 0.6) is 5.75 Å². The van der Waals surface area contributed by atoms with Crippen LogP contribution in [0.1, 0.15) is 44.3 Å². The summed E-state index contributed by atoms with van der Waals surface area (Å²) in [6, 6.07) is 5.81. The lowest BCUT2D eigenvalue weighted by Gasteiger charge is -2.43. The Kier molecular flexibility index (Phi) is 6.42. The van der Waals surface area contributed by atoms with Crippen molar-refractivity contribution >= 4 is 40.1 Å². The second-order valence-electron chi connectivity index (χ2n) is 10.1. The molecule has 1 atom stereocenters. The van der Waals surface area contributed by atoms with Gasteiger partial charge in [0.1, 0.15) is 17.5 Å². The largest absolute Gasteiger partial charge is 0.486 e. The van der Waals surface area contributed by atoms with Gasteiger partial charge in [-0.2, -0.15) is 5.10 Å². The molecule has 8 nitrogen and oxygen atoms in total. The zero-order valence-corrected chi connectivity index (χ0v) is 22.4. The van der Waals surface area contributed by atoms with E-state index in [1.54, 1.807) is 12.4 Å². The lowest BCUT2D eigenvalue weighted by molar-refractivity contribution is 0.137. The van der Waals surface area contributed by atoms with Gasteiger partial charge in [0, 0.05) is 59.9 Å². The number of nitrogens with zero attached hydrogens (tertiary/aromatic N) is 6. The average molecular weight is 538 g/mol. The van der Waals surface area contributed by atoms with Crippen LogP contribution in [0, 0.1) is 0 Å². The number of aromatic amines is 1. The van der Waals surface area contributed by atoms with Gasteiger partial charge < -0.3 is 14.5 Å². The van der Waals surface area contributed by atoms with Crippen LogP contribution in [-0.4, -0.2) is 62.3 Å². The maximum Gasteiger partial charge on any atom is 0.225 e. The summed E-state index contributed by atoms with van der Waals surface area (Å²) in [5.74, 6) is 1.46. The highest BCUT2D eigenvalue weighted by Crippen LogP contribution is 2.38. The van der Waals surface area contributed by atoms with E-state index < -0.39 is 0 Å². The molecule has 2 aliphatic heterocycles. The van der Waals surface area contributed by atoms with Crippen LogP contribution in [0.2, 0.25) is 10.0 Å². The van der Waals surface area contributed by atoms with Gasteiger partial charge in [-0.25, -0.2) is 9.97 Å². The summed E-state index contributed by atoms with van der Waals surface area (Å²) >= 11 is 12.6. The molecule has 6 rings (SSSR count). The topological polar surface area (TPSA) is 83.1 Å². The molecule has 37 heavy (non-hydrogen) atoms. The van der Waals surface area contributed by atoms with Crippen LogP contribution in [0.25, 0.3) is 22.2 Å². The van der Waals surface area contributed by atoms with Gasteiger partial charge in [-0.05, 0) is 64.4 Å². The number of fused-ring (bicyclic) bond motifs is 1. The number of nitrogens with one attached hydrogen (secondary N) is 1. The van der Waals surface area contributed by atoms with E-state index in [2.05, 4.69) is 32.0 Å². The number of H-pyrrole nitrogens is 1. The fourth-order valence-electron chi connectivity index (χ4n) is 5.79. The third-order valence-corrected chi connectivity index (χ3v) is 8.58. The van der Waals surface area contributed by atoms with Gasteiger partial charge >= 0.3 is 0 Å². The molecule has 10 heteroatoms. The number of rotatable bonds is 5. The fourth-order valence-corrected chi connectivity index (χ4v) is 6.47. The highest BCUT2D eigenvalue weighted by atomic mass is 35.5. The molecular weight excluding hydrogens is 509 g/mol. The van der Waals surface area contributed by atoms with E-state index in [-0.39, 0.29) is 6.10 Å². The number of likely N-dealkylation sites (tertiary alicyclic amines) is 1. The molecule has 2 saturated heterocycles. The smallest absolute Gasteiger partial charge is 0.225 e. The standard InChI is InChI=1S/C27H29Cl2N7O/c1-17(24-21(28)15-30-16-22(24)29)37-19-4-5-23-20(12-19)25(34-33-23)18-13-31-26(32-14-18)36-10-7-27(8-11-36)6-3-9-35(27)2/h4-5,12-17H,3,6-11H2,1-2H3,(H,33,34). The average Bonchev–Trinajstić information content (AvgIpc) is 3.48. The van der Waals surface area contributed by atoms with Crippen LogP contribution in [0.3, 0.4) is 0 Å². The van der Waals surface area contributed by atoms with Gasteiger partial charge in [0.15, 0.2) is 0 Å². The monoisotopic (exact) mass is 537 g/mol. The van der Waals surface area contributed by atoms with Crippen LogP contribution in [-0.2, 0) is 0 Å². The summed E-state index contributed by atoms with van der Waals surface area (Å²) < 4.78 is 6.20. The molecule has 0 saturated carbocycles. The summed E-state index contributed by atoms with van der Waals surface area (Å²) in [6.07, 6.45) is 11.4. The number of hydrogen-bond acceptors (Lipinski definition) is 7. The van der Waals surface area contributed by atoms with Gasteiger partial charge in [0.25, 0.3) is 0 Å². The van der Waals surface area contributed by atoms with Gasteiger partial charge in [-0.15, -0.1) is 0 Å². The third-order valence-electron chi connectivity index (χ3n) is 7.98. The van der Waals surface area contributed by atoms with Crippen molar-refractivity contribution in [3.63, 3.8) is 0 Å². The number of piperidine rings is 1. The number of halogens is 2. The number of anilines is 1. The zero-order chi connectivity index (χ0) is 25.6. The van der Waals surface area contributed by atoms with Crippen molar-refractivity contribution in [2.45, 2.75) is 44.2 Å². The molecule has 0 amide bonds. The lowest BCUT2D eigenvalue weighted by Crippen LogP contribution is -2.51. The molecular formula is C27H29Cl2N7O. The number of hydrogen-bond donors (Lipinski definition) is 1. The molecule has 1 spiro atoms. The fraction of sp³-hybridized carbons (Fsp3) is 0.407. The quantitative estimate of drug-likeness (QED) is 0.338. The van der Waals surface area contributed by atoms with E-state index in [1.165, 1.54) is 19.4 Å². The Morgan fingerprint density at radius 3 is 2.41 bits per heavy atom. The molecule has 0 bridgehead atoms. The normalized spacial score (nSPS) is 18.5. The van der Waals surface area contributed by atoms with Crippen molar-refractivity contribution in [1.82, 2.24) is 30.0 Å². The molecule has 2 aliphatic rings. The SMILES string of the molecule is CC(Oc1ccc2[nH]nc(-c3cnc(N4CCC5(CCCN5C)CC4)nc3)c2c1)c1c(Cl)cncc1Cl. The number of benzene rings is 1. The minimum Gasteiger partial charge on any atom is -0.486 e. The molecule has 1 aromatic carbocycles. The zero-order valence-electron chi connectivity index (χ0n) is 20.9. The van der Waals surface area contributed by atoms with Crippen LogP contribution in [0.15, 0.2) is 43.0 Å². The Balaban J connectivity index is 1.20. The Morgan fingerprint density at radius 2 is 1.73 bits per heavy atom. The van der Waals surface area contributed by atoms with Crippen molar-refractivity contribution in [3.8, 4) is 17.0 Å². The van der Waals surface area contributed by atoms with Crippen LogP contribution >= 0.6 is 23.2 Å². The van der Waals surface area contributed by atoms with Crippen molar-refractivity contribution < 1.29 is 4.74 Å². The van der Waals surface area contributed by atoms with Crippen molar-refractivity contribution in [2.24, 2.45) is 0 Å². The Labute approximate surface area is 226 Å². The van der Waals surface area contributed by atoms with E-state index in [0.29, 0.717) is 26.9 Å². The van der Waals surface area contributed by atoms with E-state index in [0.717, 1.165) is 54.0 Å². The van der Waals surface area contributed by atoms with E-state index in [4.69, 9.17) is 37.9 Å². The van der Waals surface area contributed by atoms with E-state index in [1.807, 2.05) is 37.5 Å². The second kappa shape index (κ2) is 9.74. The number of pyridine rings is 1. The minimum absolute atomic E-state index is 0.355. The predicted molar refractivity (Wildman–Crippen MR) is 146 cm³/mol. The van der Waals surface area contributed by atoms with Crippen molar-refractivity contribution in [2.75, 3.05) is 31.6 Å². The predicted octanol–water partition coefficient (Wildman–Crippen LogP) is 5.93. The lowest BCUT2D eigenvalue weighted by atomic mass is 9.85. The molecule has 0 radical (unpaired) electrons. The number of aromatic nitrogens is 5. The Morgan fingerprint density at radius 1 is 1.00 bits per heavy atom. The molecule has 0 aliphatic carbocycles. The first-order chi connectivity index (χ1) is 17.9. The summed E-state index contributed by atoms with van der Waals surface area (Å²) in [5.41, 5.74) is 3.61. The minimum atomic E-state index is -0.355. The van der Waals surface area contributed by atoms with Crippen LogP contribution in [0.4, 0.5) is 5.95 Å². The first kappa shape index (κ1) is 24.4. The summed E-state index contributed by atoms with van der Waals surface area (Å²) in [6.45, 7) is 5.09.